The molecule has 4 heteroatoms. The van der Waals surface area contributed by atoms with E-state index in [-0.39, 0.29) is 0 Å². The topological polar surface area (TPSA) is 38.7 Å². The molecule has 3 rings (SSSR count). The van der Waals surface area contributed by atoms with E-state index in [0.29, 0.717) is 17.9 Å². The number of piperidine rings is 3. The van der Waals surface area contributed by atoms with Gasteiger partial charge in [-0.1, -0.05) is 6.42 Å². The monoisotopic (exact) mass is 295 g/mol. The lowest BCUT2D eigenvalue weighted by molar-refractivity contribution is -0.00593. The molecule has 0 aromatic rings. The SMILES string of the molecule is OC[C@H]1CNCCC12CCN(CCN1CCCCC1)CC2. The van der Waals surface area contributed by atoms with Crippen molar-refractivity contribution in [3.8, 4) is 0 Å². The molecule has 3 aliphatic heterocycles. The molecular weight excluding hydrogens is 262 g/mol. The summed E-state index contributed by atoms with van der Waals surface area (Å²) in [7, 11) is 0. The molecule has 0 radical (unpaired) electrons. The van der Waals surface area contributed by atoms with Gasteiger partial charge in [-0.3, -0.25) is 0 Å². The Labute approximate surface area is 129 Å². The second-order valence-electron chi connectivity index (χ2n) is 7.44. The van der Waals surface area contributed by atoms with Gasteiger partial charge in [-0.2, -0.15) is 0 Å². The number of aliphatic hydroxyl groups is 1. The minimum Gasteiger partial charge on any atom is -0.396 e. The van der Waals surface area contributed by atoms with E-state index >= 15 is 0 Å². The third kappa shape index (κ3) is 3.79. The van der Waals surface area contributed by atoms with Gasteiger partial charge in [0, 0.05) is 32.2 Å². The smallest absolute Gasteiger partial charge is 0.0476 e. The van der Waals surface area contributed by atoms with E-state index in [2.05, 4.69) is 15.1 Å². The van der Waals surface area contributed by atoms with Crippen molar-refractivity contribution in [2.45, 2.75) is 38.5 Å². The van der Waals surface area contributed by atoms with Crippen LogP contribution in [0.5, 0.6) is 0 Å². The number of hydrogen-bond donors (Lipinski definition) is 2. The summed E-state index contributed by atoms with van der Waals surface area (Å²) in [5.74, 6) is 0.482. The Morgan fingerprint density at radius 1 is 0.905 bits per heavy atom. The first-order valence-electron chi connectivity index (χ1n) is 9.09. The number of likely N-dealkylation sites (tertiary alicyclic amines) is 2. The molecule has 122 valence electrons. The lowest BCUT2D eigenvalue weighted by Crippen LogP contribution is -2.53. The highest BCUT2D eigenvalue weighted by molar-refractivity contribution is 4.95. The minimum atomic E-state index is 0.362. The summed E-state index contributed by atoms with van der Waals surface area (Å²) in [5, 5.41) is 13.1. The molecule has 2 N–H and O–H groups in total. The lowest BCUT2D eigenvalue weighted by Gasteiger charge is -2.49. The fourth-order valence-corrected chi connectivity index (χ4v) is 4.64. The van der Waals surface area contributed by atoms with E-state index in [9.17, 15) is 5.11 Å². The van der Waals surface area contributed by atoms with Gasteiger partial charge in [0.05, 0.1) is 0 Å². The zero-order valence-corrected chi connectivity index (χ0v) is 13.5. The summed E-state index contributed by atoms with van der Waals surface area (Å²) < 4.78 is 0. The van der Waals surface area contributed by atoms with Crippen LogP contribution in [0.15, 0.2) is 0 Å². The highest BCUT2D eigenvalue weighted by Gasteiger charge is 2.42. The third-order valence-electron chi connectivity index (χ3n) is 6.31. The molecule has 3 aliphatic rings. The molecule has 0 amide bonds. The van der Waals surface area contributed by atoms with Crippen molar-refractivity contribution in [2.75, 3.05) is 59.0 Å². The fourth-order valence-electron chi connectivity index (χ4n) is 4.64. The first-order chi connectivity index (χ1) is 10.3. The average molecular weight is 295 g/mol. The van der Waals surface area contributed by atoms with Gasteiger partial charge in [-0.25, -0.2) is 0 Å². The van der Waals surface area contributed by atoms with Crippen molar-refractivity contribution >= 4 is 0 Å². The summed E-state index contributed by atoms with van der Waals surface area (Å²) in [6, 6.07) is 0. The van der Waals surface area contributed by atoms with Gasteiger partial charge in [0.1, 0.15) is 0 Å². The van der Waals surface area contributed by atoms with Crippen LogP contribution in [0.25, 0.3) is 0 Å². The highest BCUT2D eigenvalue weighted by Crippen LogP contribution is 2.43. The van der Waals surface area contributed by atoms with E-state index in [4.69, 9.17) is 0 Å². The van der Waals surface area contributed by atoms with E-state index in [0.717, 1.165) is 13.1 Å². The number of hydrogen-bond acceptors (Lipinski definition) is 4. The van der Waals surface area contributed by atoms with Crippen LogP contribution in [0, 0.1) is 11.3 Å². The van der Waals surface area contributed by atoms with Crippen LogP contribution in [0.2, 0.25) is 0 Å². The van der Waals surface area contributed by atoms with E-state index in [1.165, 1.54) is 77.8 Å². The van der Waals surface area contributed by atoms with Gasteiger partial charge >= 0.3 is 0 Å². The Morgan fingerprint density at radius 2 is 1.57 bits per heavy atom. The lowest BCUT2D eigenvalue weighted by atomic mass is 9.65. The van der Waals surface area contributed by atoms with Crippen LogP contribution in [0.4, 0.5) is 0 Å². The van der Waals surface area contributed by atoms with Crippen LogP contribution < -0.4 is 5.32 Å². The van der Waals surface area contributed by atoms with Crippen molar-refractivity contribution in [1.82, 2.24) is 15.1 Å². The zero-order valence-electron chi connectivity index (χ0n) is 13.5. The van der Waals surface area contributed by atoms with Crippen molar-refractivity contribution in [2.24, 2.45) is 11.3 Å². The summed E-state index contributed by atoms with van der Waals surface area (Å²) in [6.45, 7) is 10.1. The molecule has 3 heterocycles. The van der Waals surface area contributed by atoms with Crippen LogP contribution in [-0.4, -0.2) is 73.9 Å². The second kappa shape index (κ2) is 7.40. The van der Waals surface area contributed by atoms with Gasteiger partial charge in [-0.05, 0) is 70.2 Å². The number of rotatable bonds is 4. The molecule has 0 aromatic carbocycles. The van der Waals surface area contributed by atoms with Crippen molar-refractivity contribution in [3.05, 3.63) is 0 Å². The van der Waals surface area contributed by atoms with Crippen LogP contribution in [0.3, 0.4) is 0 Å². The standard InChI is InChI=1S/C17H33N3O/c21-15-16-14-18-7-4-17(16)5-10-20(11-6-17)13-12-19-8-2-1-3-9-19/h16,18,21H,1-15H2/t16-/m1/s1. The highest BCUT2D eigenvalue weighted by atomic mass is 16.3. The maximum atomic E-state index is 9.69. The summed E-state index contributed by atoms with van der Waals surface area (Å²) in [4.78, 5) is 5.31. The maximum Gasteiger partial charge on any atom is 0.0476 e. The van der Waals surface area contributed by atoms with Crippen molar-refractivity contribution in [1.29, 1.82) is 0 Å². The molecule has 3 saturated heterocycles. The van der Waals surface area contributed by atoms with Crippen molar-refractivity contribution in [3.63, 3.8) is 0 Å². The summed E-state index contributed by atoms with van der Waals surface area (Å²) >= 11 is 0. The first-order valence-corrected chi connectivity index (χ1v) is 9.09. The molecule has 0 saturated carbocycles. The van der Waals surface area contributed by atoms with Gasteiger partial charge < -0.3 is 20.2 Å². The van der Waals surface area contributed by atoms with Gasteiger partial charge in [0.25, 0.3) is 0 Å². The quantitative estimate of drug-likeness (QED) is 0.816. The summed E-state index contributed by atoms with van der Waals surface area (Å²) in [5.41, 5.74) is 0.432. The normalized spacial score (nSPS) is 31.6. The zero-order chi connectivity index (χ0) is 14.5. The van der Waals surface area contributed by atoms with Crippen LogP contribution in [-0.2, 0) is 0 Å². The molecule has 21 heavy (non-hydrogen) atoms. The number of nitrogens with one attached hydrogen (secondary N) is 1. The Kier molecular flexibility index (Phi) is 5.54. The predicted octanol–water partition coefficient (Wildman–Crippen LogP) is 1.16. The Balaban J connectivity index is 1.43. The van der Waals surface area contributed by atoms with Gasteiger partial charge in [-0.15, -0.1) is 0 Å². The van der Waals surface area contributed by atoms with E-state index < -0.39 is 0 Å². The third-order valence-corrected chi connectivity index (χ3v) is 6.31. The van der Waals surface area contributed by atoms with Crippen LogP contribution in [0.1, 0.15) is 38.5 Å². The molecule has 3 fully saturated rings. The fraction of sp³-hybridized carbons (Fsp3) is 1.00. The summed E-state index contributed by atoms with van der Waals surface area (Å²) in [6.07, 6.45) is 8.07. The van der Waals surface area contributed by atoms with Crippen molar-refractivity contribution < 1.29 is 5.11 Å². The second-order valence-corrected chi connectivity index (χ2v) is 7.44. The molecule has 0 unspecified atom stereocenters. The minimum absolute atomic E-state index is 0.362. The molecule has 4 nitrogen and oxygen atoms in total. The molecular formula is C17H33N3O. The van der Waals surface area contributed by atoms with E-state index in [1.807, 2.05) is 0 Å². The number of aliphatic hydroxyl groups excluding tert-OH is 1. The van der Waals surface area contributed by atoms with E-state index in [1.54, 1.807) is 0 Å². The maximum absolute atomic E-state index is 9.69. The number of nitrogens with zero attached hydrogens (tertiary/aromatic N) is 2. The Hall–Kier alpha value is -0.160. The largest absolute Gasteiger partial charge is 0.396 e. The molecule has 0 aliphatic carbocycles. The molecule has 0 aromatic heterocycles. The predicted molar refractivity (Wildman–Crippen MR) is 86.5 cm³/mol. The first kappa shape index (κ1) is 15.7. The molecule has 1 spiro atoms. The average Bonchev–Trinajstić information content (AvgIpc) is 2.56. The molecule has 0 bridgehead atoms. The molecule has 1 atom stereocenters. The Morgan fingerprint density at radius 3 is 2.24 bits per heavy atom. The van der Waals surface area contributed by atoms with Gasteiger partial charge in [0.2, 0.25) is 0 Å². The van der Waals surface area contributed by atoms with Gasteiger partial charge in [0.15, 0.2) is 0 Å². The Bertz CT molecular complexity index is 309. The van der Waals surface area contributed by atoms with Crippen LogP contribution >= 0.6 is 0 Å².